The molecule has 4 aromatic rings. The average molecular weight is 657 g/mol. The number of ketones is 2. The van der Waals surface area contributed by atoms with Gasteiger partial charge in [0.15, 0.2) is 5.78 Å². The van der Waals surface area contributed by atoms with Crippen LogP contribution in [0.4, 0.5) is 0 Å². The molecule has 11 heteroatoms. The molecule has 0 saturated heterocycles. The minimum atomic E-state index is -1.71. The van der Waals surface area contributed by atoms with Gasteiger partial charge in [0.2, 0.25) is 5.78 Å². The molecule has 48 heavy (non-hydrogen) atoms. The van der Waals surface area contributed by atoms with E-state index in [0.717, 1.165) is 5.56 Å². The van der Waals surface area contributed by atoms with Crippen LogP contribution in [0, 0.1) is 0 Å². The number of carbonyl (C=O) groups excluding carboxylic acids is 2. The molecule has 0 radical (unpaired) electrons. The van der Waals surface area contributed by atoms with Crippen LogP contribution in [-0.4, -0.2) is 67.1 Å². The Morgan fingerprint density at radius 3 is 1.83 bits per heavy atom. The van der Waals surface area contributed by atoms with E-state index in [-0.39, 0.29) is 52.1 Å². The summed E-state index contributed by atoms with van der Waals surface area (Å²) < 4.78 is 52.4. The lowest BCUT2D eigenvalue weighted by molar-refractivity contribution is -0.117. The van der Waals surface area contributed by atoms with Gasteiger partial charge in [-0.1, -0.05) is 24.3 Å². The number of fused-ring (bicyclic) bond motifs is 2. The Bertz CT molecular complexity index is 1850. The van der Waals surface area contributed by atoms with Crippen molar-refractivity contribution in [3.8, 4) is 46.0 Å². The van der Waals surface area contributed by atoms with Crippen LogP contribution in [-0.2, 0) is 11.2 Å². The molecule has 2 aliphatic rings. The summed E-state index contributed by atoms with van der Waals surface area (Å²) in [7, 11) is 10.4. The van der Waals surface area contributed by atoms with Crippen LogP contribution in [0.2, 0.25) is 0 Å². The molecule has 2 aliphatic heterocycles. The SMILES string of the molecule is COc1ccc(CC2(OC)Oc3cc(OC)c(C4C(=O)c5c(OC)cc(OC)cc5OC4c4ccc(OC)cc4)c(OC)c3C2=O)cc1. The number of methoxy groups -OCH3 is 7. The summed E-state index contributed by atoms with van der Waals surface area (Å²) in [6, 6.07) is 19.3. The Hall–Kier alpha value is -5.42. The van der Waals surface area contributed by atoms with E-state index < -0.39 is 23.6 Å². The van der Waals surface area contributed by atoms with Gasteiger partial charge in [0, 0.05) is 31.7 Å². The summed E-state index contributed by atoms with van der Waals surface area (Å²) in [6.07, 6.45) is -0.800. The lowest BCUT2D eigenvalue weighted by Crippen LogP contribution is -2.44. The van der Waals surface area contributed by atoms with E-state index in [1.54, 1.807) is 56.7 Å². The van der Waals surface area contributed by atoms with Crippen molar-refractivity contribution in [3.63, 3.8) is 0 Å². The first kappa shape index (κ1) is 32.5. The normalized spacial score (nSPS) is 19.4. The highest BCUT2D eigenvalue weighted by Gasteiger charge is 2.53. The van der Waals surface area contributed by atoms with Gasteiger partial charge in [-0.15, -0.1) is 0 Å². The van der Waals surface area contributed by atoms with Crippen molar-refractivity contribution in [2.45, 2.75) is 24.2 Å². The third-order valence-electron chi connectivity index (χ3n) is 8.78. The first-order valence-corrected chi connectivity index (χ1v) is 15.1. The first-order valence-electron chi connectivity index (χ1n) is 15.1. The van der Waals surface area contributed by atoms with E-state index in [0.29, 0.717) is 28.4 Å². The molecule has 2 heterocycles. The molecular formula is C37H36O11. The van der Waals surface area contributed by atoms with E-state index in [1.807, 2.05) is 24.3 Å². The van der Waals surface area contributed by atoms with Crippen LogP contribution >= 0.6 is 0 Å². The summed E-state index contributed by atoms with van der Waals surface area (Å²) in [5, 5.41) is 0. The highest BCUT2D eigenvalue weighted by Crippen LogP contribution is 2.56. The van der Waals surface area contributed by atoms with Gasteiger partial charge in [0.1, 0.15) is 63.2 Å². The largest absolute Gasteiger partial charge is 0.497 e. The molecule has 0 saturated carbocycles. The van der Waals surface area contributed by atoms with E-state index in [9.17, 15) is 9.59 Å². The zero-order chi connectivity index (χ0) is 34.2. The van der Waals surface area contributed by atoms with Crippen molar-refractivity contribution in [1.29, 1.82) is 0 Å². The van der Waals surface area contributed by atoms with Crippen LogP contribution in [0.5, 0.6) is 46.0 Å². The number of benzene rings is 4. The van der Waals surface area contributed by atoms with Crippen LogP contribution in [0.25, 0.3) is 0 Å². The highest BCUT2D eigenvalue weighted by atomic mass is 16.7. The van der Waals surface area contributed by atoms with Crippen molar-refractivity contribution in [3.05, 3.63) is 94.5 Å². The minimum absolute atomic E-state index is 0.0914. The Balaban J connectivity index is 1.54. The van der Waals surface area contributed by atoms with Crippen LogP contribution < -0.4 is 37.9 Å². The van der Waals surface area contributed by atoms with Crippen molar-refractivity contribution in [2.75, 3.05) is 49.8 Å². The van der Waals surface area contributed by atoms with E-state index in [4.69, 9.17) is 42.6 Å². The fourth-order valence-corrected chi connectivity index (χ4v) is 6.36. The predicted octanol–water partition coefficient (Wildman–Crippen LogP) is 6.00. The van der Waals surface area contributed by atoms with Crippen molar-refractivity contribution < 1.29 is 52.2 Å². The second kappa shape index (κ2) is 13.0. The maximum Gasteiger partial charge on any atom is 0.279 e. The summed E-state index contributed by atoms with van der Waals surface area (Å²) in [5.74, 6) is -0.707. The summed E-state index contributed by atoms with van der Waals surface area (Å²) in [6.45, 7) is 0. The molecule has 0 fully saturated rings. The predicted molar refractivity (Wildman–Crippen MR) is 174 cm³/mol. The fraction of sp³-hybridized carbons (Fsp3) is 0.297. The lowest BCUT2D eigenvalue weighted by Gasteiger charge is -2.35. The third-order valence-corrected chi connectivity index (χ3v) is 8.78. The molecule has 0 spiro atoms. The summed E-state index contributed by atoms with van der Waals surface area (Å²) in [5.41, 5.74) is 2.09. The second-order valence-corrected chi connectivity index (χ2v) is 11.2. The van der Waals surface area contributed by atoms with Gasteiger partial charge in [-0.25, -0.2) is 0 Å². The smallest absolute Gasteiger partial charge is 0.279 e. The zero-order valence-corrected chi connectivity index (χ0v) is 27.7. The van der Waals surface area contributed by atoms with Crippen molar-refractivity contribution in [1.82, 2.24) is 0 Å². The molecule has 0 aromatic heterocycles. The number of hydrogen-bond donors (Lipinski definition) is 0. The third kappa shape index (κ3) is 5.29. The molecule has 0 bridgehead atoms. The van der Waals surface area contributed by atoms with Gasteiger partial charge in [-0.05, 0) is 35.4 Å². The Morgan fingerprint density at radius 1 is 0.646 bits per heavy atom. The lowest BCUT2D eigenvalue weighted by atomic mass is 9.78. The first-order chi connectivity index (χ1) is 23.3. The number of ether oxygens (including phenoxy) is 9. The zero-order valence-electron chi connectivity index (χ0n) is 27.7. The Morgan fingerprint density at radius 2 is 1.27 bits per heavy atom. The van der Waals surface area contributed by atoms with Crippen LogP contribution in [0.15, 0.2) is 66.7 Å². The van der Waals surface area contributed by atoms with Gasteiger partial charge in [-0.2, -0.15) is 0 Å². The second-order valence-electron chi connectivity index (χ2n) is 11.2. The topological polar surface area (TPSA) is 117 Å². The molecule has 250 valence electrons. The molecule has 0 aliphatic carbocycles. The Kier molecular flexibility index (Phi) is 8.81. The quantitative estimate of drug-likeness (QED) is 0.189. The molecule has 3 atom stereocenters. The van der Waals surface area contributed by atoms with E-state index >= 15 is 0 Å². The number of rotatable bonds is 11. The number of hydrogen-bond acceptors (Lipinski definition) is 11. The number of Topliss-reactive ketones (excluding diaryl/α,β-unsaturated/α-hetero) is 2. The molecule has 6 rings (SSSR count). The van der Waals surface area contributed by atoms with Crippen LogP contribution in [0.3, 0.4) is 0 Å². The monoisotopic (exact) mass is 656 g/mol. The van der Waals surface area contributed by atoms with E-state index in [2.05, 4.69) is 0 Å². The van der Waals surface area contributed by atoms with E-state index in [1.165, 1.54) is 35.5 Å². The van der Waals surface area contributed by atoms with Gasteiger partial charge < -0.3 is 42.6 Å². The van der Waals surface area contributed by atoms with Crippen LogP contribution in [0.1, 0.15) is 49.4 Å². The minimum Gasteiger partial charge on any atom is -0.497 e. The van der Waals surface area contributed by atoms with Gasteiger partial charge in [0.25, 0.3) is 5.79 Å². The fourth-order valence-electron chi connectivity index (χ4n) is 6.36. The highest BCUT2D eigenvalue weighted by molar-refractivity contribution is 6.12. The molecule has 0 N–H and O–H groups in total. The van der Waals surface area contributed by atoms with Crippen molar-refractivity contribution in [2.24, 2.45) is 0 Å². The van der Waals surface area contributed by atoms with Gasteiger partial charge in [0.05, 0.1) is 54.1 Å². The summed E-state index contributed by atoms with van der Waals surface area (Å²) in [4.78, 5) is 29.2. The summed E-state index contributed by atoms with van der Waals surface area (Å²) >= 11 is 0. The average Bonchev–Trinajstić information content (AvgIpc) is 3.40. The molecule has 0 amide bonds. The van der Waals surface area contributed by atoms with Gasteiger partial charge in [-0.3, -0.25) is 9.59 Å². The molecular weight excluding hydrogens is 620 g/mol. The maximum atomic E-state index is 14.8. The molecule has 11 nitrogen and oxygen atoms in total. The molecule has 4 aromatic carbocycles. The standard InChI is InChI=1S/C37H36O11/c1-40-22-12-8-20(9-13-22)19-37(46-7)36(39)31-28(48-37)18-26(44-5)30(35(31)45-6)32-33(38)29-25(43-4)16-24(42-3)17-27(29)47-34(32)21-10-14-23(41-2)15-11-21/h8-18,32,34H,19H2,1-7H3. The number of carbonyl (C=O) groups is 2. The Labute approximate surface area is 278 Å². The van der Waals surface area contributed by atoms with Gasteiger partial charge >= 0.3 is 0 Å². The maximum absolute atomic E-state index is 14.8. The van der Waals surface area contributed by atoms with Crippen molar-refractivity contribution >= 4 is 11.6 Å². The molecule has 3 unspecified atom stereocenters.